The van der Waals surface area contributed by atoms with E-state index in [0.29, 0.717) is 12.1 Å². The molecule has 0 saturated heterocycles. The number of benzene rings is 1. The monoisotopic (exact) mass is 366 g/mol. The van der Waals surface area contributed by atoms with Gasteiger partial charge < -0.3 is 4.90 Å². The van der Waals surface area contributed by atoms with Gasteiger partial charge in [-0.15, -0.1) is 0 Å². The summed E-state index contributed by atoms with van der Waals surface area (Å²) < 4.78 is 1.12. The van der Waals surface area contributed by atoms with Gasteiger partial charge in [-0.2, -0.15) is 0 Å². The Hall–Kier alpha value is -1.43. The molecule has 0 fully saturated rings. The molecule has 0 spiro atoms. The summed E-state index contributed by atoms with van der Waals surface area (Å²) >= 11 is 2.22. The molecule has 0 N–H and O–H groups in total. The SMILES string of the molecule is Cc1cccc(CN(C)C(=O)c2ccc(I)cc2)n1. The van der Waals surface area contributed by atoms with Crippen LogP contribution in [0.4, 0.5) is 0 Å². The number of hydrogen-bond donors (Lipinski definition) is 0. The lowest BCUT2D eigenvalue weighted by Crippen LogP contribution is -2.26. The van der Waals surface area contributed by atoms with Gasteiger partial charge in [-0.05, 0) is 65.9 Å². The first-order chi connectivity index (χ1) is 9.06. The van der Waals surface area contributed by atoms with Crippen LogP contribution in [-0.2, 0) is 6.54 Å². The number of aromatic nitrogens is 1. The zero-order valence-corrected chi connectivity index (χ0v) is 13.1. The zero-order chi connectivity index (χ0) is 13.8. The quantitative estimate of drug-likeness (QED) is 0.782. The van der Waals surface area contributed by atoms with Crippen molar-refractivity contribution in [1.82, 2.24) is 9.88 Å². The molecule has 0 bridgehead atoms. The van der Waals surface area contributed by atoms with Crippen molar-refractivity contribution in [1.29, 1.82) is 0 Å². The van der Waals surface area contributed by atoms with Gasteiger partial charge in [-0.1, -0.05) is 6.07 Å². The molecule has 19 heavy (non-hydrogen) atoms. The highest BCUT2D eigenvalue weighted by Crippen LogP contribution is 2.10. The van der Waals surface area contributed by atoms with Crippen LogP contribution in [0.1, 0.15) is 21.7 Å². The number of pyridine rings is 1. The molecule has 1 amide bonds. The predicted octanol–water partition coefficient (Wildman–Crippen LogP) is 3.27. The van der Waals surface area contributed by atoms with Gasteiger partial charge in [0.15, 0.2) is 0 Å². The highest BCUT2D eigenvalue weighted by Gasteiger charge is 2.12. The minimum absolute atomic E-state index is 0.0136. The topological polar surface area (TPSA) is 33.2 Å². The number of carbonyl (C=O) groups is 1. The van der Waals surface area contributed by atoms with Crippen molar-refractivity contribution >= 4 is 28.5 Å². The lowest BCUT2D eigenvalue weighted by atomic mass is 10.2. The van der Waals surface area contributed by atoms with E-state index in [2.05, 4.69) is 27.6 Å². The second-order valence-electron chi connectivity index (χ2n) is 4.44. The third-order valence-corrected chi connectivity index (χ3v) is 3.50. The maximum Gasteiger partial charge on any atom is 0.253 e. The predicted molar refractivity (Wildman–Crippen MR) is 83.9 cm³/mol. The van der Waals surface area contributed by atoms with Gasteiger partial charge in [-0.25, -0.2) is 0 Å². The molecular weight excluding hydrogens is 351 g/mol. The van der Waals surface area contributed by atoms with E-state index >= 15 is 0 Å². The summed E-state index contributed by atoms with van der Waals surface area (Å²) in [7, 11) is 1.80. The van der Waals surface area contributed by atoms with E-state index in [0.717, 1.165) is 15.0 Å². The number of aryl methyl sites for hydroxylation is 1. The van der Waals surface area contributed by atoms with Crippen molar-refractivity contribution in [3.63, 3.8) is 0 Å². The molecule has 1 aromatic heterocycles. The van der Waals surface area contributed by atoms with Crippen LogP contribution in [0.3, 0.4) is 0 Å². The summed E-state index contributed by atoms with van der Waals surface area (Å²) in [4.78, 5) is 18.3. The molecule has 2 aromatic rings. The van der Waals surface area contributed by atoms with E-state index in [4.69, 9.17) is 0 Å². The van der Waals surface area contributed by atoms with Crippen molar-refractivity contribution in [2.24, 2.45) is 0 Å². The first-order valence-corrected chi connectivity index (χ1v) is 7.08. The van der Waals surface area contributed by atoms with E-state index < -0.39 is 0 Å². The van der Waals surface area contributed by atoms with Crippen molar-refractivity contribution in [2.75, 3.05) is 7.05 Å². The van der Waals surface area contributed by atoms with Crippen LogP contribution in [0.25, 0.3) is 0 Å². The fourth-order valence-electron chi connectivity index (χ4n) is 1.82. The first-order valence-electron chi connectivity index (χ1n) is 6.00. The maximum atomic E-state index is 12.2. The minimum Gasteiger partial charge on any atom is -0.336 e. The number of halogens is 1. The highest BCUT2D eigenvalue weighted by molar-refractivity contribution is 14.1. The van der Waals surface area contributed by atoms with Crippen LogP contribution in [0.15, 0.2) is 42.5 Å². The summed E-state index contributed by atoms with van der Waals surface area (Å²) in [5.74, 6) is 0.0136. The molecule has 1 heterocycles. The second kappa shape index (κ2) is 6.14. The van der Waals surface area contributed by atoms with Gasteiger partial charge >= 0.3 is 0 Å². The summed E-state index contributed by atoms with van der Waals surface area (Å²) in [6.07, 6.45) is 0. The van der Waals surface area contributed by atoms with E-state index in [1.54, 1.807) is 11.9 Å². The van der Waals surface area contributed by atoms with Gasteiger partial charge in [0.2, 0.25) is 0 Å². The van der Waals surface area contributed by atoms with Crippen molar-refractivity contribution in [3.05, 3.63) is 63.0 Å². The molecule has 0 radical (unpaired) electrons. The molecule has 0 atom stereocenters. The van der Waals surface area contributed by atoms with Crippen LogP contribution < -0.4 is 0 Å². The summed E-state index contributed by atoms with van der Waals surface area (Å²) in [6.45, 7) is 2.47. The molecule has 0 aliphatic heterocycles. The van der Waals surface area contributed by atoms with E-state index in [-0.39, 0.29) is 5.91 Å². The molecule has 1 aromatic carbocycles. The zero-order valence-electron chi connectivity index (χ0n) is 10.9. The average molecular weight is 366 g/mol. The molecule has 0 saturated carbocycles. The van der Waals surface area contributed by atoms with Crippen molar-refractivity contribution < 1.29 is 4.79 Å². The third kappa shape index (κ3) is 3.76. The smallest absolute Gasteiger partial charge is 0.253 e. The van der Waals surface area contributed by atoms with Crippen LogP contribution in [0, 0.1) is 10.5 Å². The largest absolute Gasteiger partial charge is 0.336 e. The van der Waals surface area contributed by atoms with E-state index in [1.807, 2.05) is 49.4 Å². The van der Waals surface area contributed by atoms with Crippen molar-refractivity contribution in [3.8, 4) is 0 Å². The normalized spacial score (nSPS) is 10.3. The van der Waals surface area contributed by atoms with Gasteiger partial charge in [-0.3, -0.25) is 9.78 Å². The van der Waals surface area contributed by atoms with E-state index in [1.165, 1.54) is 0 Å². The average Bonchev–Trinajstić information content (AvgIpc) is 2.39. The first kappa shape index (κ1) is 14.0. The third-order valence-electron chi connectivity index (χ3n) is 2.78. The fourth-order valence-corrected chi connectivity index (χ4v) is 2.17. The van der Waals surface area contributed by atoms with Crippen LogP contribution >= 0.6 is 22.6 Å². The van der Waals surface area contributed by atoms with Crippen molar-refractivity contribution in [2.45, 2.75) is 13.5 Å². The summed E-state index contributed by atoms with van der Waals surface area (Å²) in [5, 5.41) is 0. The van der Waals surface area contributed by atoms with Gasteiger partial charge in [0, 0.05) is 21.9 Å². The van der Waals surface area contributed by atoms with Gasteiger partial charge in [0.1, 0.15) is 0 Å². The molecule has 0 unspecified atom stereocenters. The summed E-state index contributed by atoms with van der Waals surface area (Å²) in [5.41, 5.74) is 2.57. The number of amides is 1. The number of carbonyl (C=O) groups excluding carboxylic acids is 1. The number of hydrogen-bond acceptors (Lipinski definition) is 2. The highest BCUT2D eigenvalue weighted by atomic mass is 127. The lowest BCUT2D eigenvalue weighted by molar-refractivity contribution is 0.0783. The molecular formula is C15H15IN2O. The maximum absolute atomic E-state index is 12.2. The second-order valence-corrected chi connectivity index (χ2v) is 5.68. The Morgan fingerprint density at radius 2 is 1.89 bits per heavy atom. The number of rotatable bonds is 3. The Balaban J connectivity index is 2.09. The lowest BCUT2D eigenvalue weighted by Gasteiger charge is -2.17. The summed E-state index contributed by atoms with van der Waals surface area (Å²) in [6, 6.07) is 13.4. The molecule has 98 valence electrons. The number of nitrogens with zero attached hydrogens (tertiary/aromatic N) is 2. The Labute approximate surface area is 126 Å². The standard InChI is InChI=1S/C15H15IN2O/c1-11-4-3-5-14(17-11)10-18(2)15(19)12-6-8-13(16)9-7-12/h3-9H,10H2,1-2H3. The molecule has 0 aliphatic carbocycles. The Bertz CT molecular complexity index is 581. The molecule has 4 heteroatoms. The van der Waals surface area contributed by atoms with Gasteiger partial charge in [0.25, 0.3) is 5.91 Å². The van der Waals surface area contributed by atoms with Gasteiger partial charge in [0.05, 0.1) is 12.2 Å². The molecule has 0 aliphatic rings. The Morgan fingerprint density at radius 3 is 2.53 bits per heavy atom. The molecule has 3 nitrogen and oxygen atoms in total. The van der Waals surface area contributed by atoms with Crippen LogP contribution in [-0.4, -0.2) is 22.8 Å². The Kier molecular flexibility index (Phi) is 4.52. The Morgan fingerprint density at radius 1 is 1.21 bits per heavy atom. The van der Waals surface area contributed by atoms with Crippen LogP contribution in [0.2, 0.25) is 0 Å². The minimum atomic E-state index is 0.0136. The fraction of sp³-hybridized carbons (Fsp3) is 0.200. The van der Waals surface area contributed by atoms with E-state index in [9.17, 15) is 4.79 Å². The molecule has 2 rings (SSSR count). The van der Waals surface area contributed by atoms with Crippen LogP contribution in [0.5, 0.6) is 0 Å².